The number of esters is 2. The molecule has 0 bridgehead atoms. The van der Waals surface area contributed by atoms with Gasteiger partial charge < -0.3 is 13.9 Å². The van der Waals surface area contributed by atoms with Crippen LogP contribution in [-0.4, -0.2) is 40.1 Å². The number of allylic oxidation sites excluding steroid dienone is 2. The maximum atomic E-state index is 12.9. The topological polar surface area (TPSA) is 61.8 Å². The first kappa shape index (κ1) is 23.1. The average Bonchev–Trinajstić information content (AvgIpc) is 2.59. The van der Waals surface area contributed by atoms with Crippen LogP contribution in [0.2, 0.25) is 18.1 Å². The molecule has 3 unspecified atom stereocenters. The zero-order valence-electron chi connectivity index (χ0n) is 18.8. The molecule has 0 aliphatic heterocycles. The van der Waals surface area contributed by atoms with Gasteiger partial charge >= 0.3 is 11.9 Å². The van der Waals surface area contributed by atoms with Crippen molar-refractivity contribution >= 4 is 20.3 Å². The Kier molecular flexibility index (Phi) is 7.19. The second-order valence-electron chi connectivity index (χ2n) is 9.87. The van der Waals surface area contributed by atoms with Gasteiger partial charge in [0.2, 0.25) is 0 Å². The van der Waals surface area contributed by atoms with E-state index in [2.05, 4.69) is 52.9 Å². The number of hydrogen-bond donors (Lipinski definition) is 0. The van der Waals surface area contributed by atoms with Crippen LogP contribution in [-0.2, 0) is 23.5 Å². The monoisotopic (exact) mass is 410 g/mol. The zero-order valence-corrected chi connectivity index (χ0v) is 19.8. The fourth-order valence-corrected chi connectivity index (χ4v) is 5.80. The Balaban J connectivity index is 2.41. The molecule has 0 aromatic heterocycles. The van der Waals surface area contributed by atoms with Crippen molar-refractivity contribution < 1.29 is 23.5 Å². The first-order valence-corrected chi connectivity index (χ1v) is 13.4. The number of hydrogen-bond acceptors (Lipinski definition) is 5. The van der Waals surface area contributed by atoms with E-state index in [-0.39, 0.29) is 52.7 Å². The Bertz CT molecular complexity index is 607. The highest BCUT2D eigenvalue weighted by atomic mass is 28.4. The number of fused-ring (bicyclic) bond motifs is 1. The van der Waals surface area contributed by atoms with Crippen LogP contribution in [0.5, 0.6) is 0 Å². The van der Waals surface area contributed by atoms with Crippen molar-refractivity contribution in [1.82, 2.24) is 0 Å². The molecule has 0 saturated heterocycles. The lowest BCUT2D eigenvalue weighted by atomic mass is 9.61. The summed E-state index contributed by atoms with van der Waals surface area (Å²) in [7, 11) is -0.634. The van der Waals surface area contributed by atoms with E-state index in [1.165, 1.54) is 7.11 Å². The summed E-state index contributed by atoms with van der Waals surface area (Å²) >= 11 is 0. The van der Waals surface area contributed by atoms with Crippen LogP contribution in [0.15, 0.2) is 12.2 Å². The molecule has 1 saturated carbocycles. The zero-order chi connectivity index (χ0) is 21.3. The van der Waals surface area contributed by atoms with E-state index in [0.29, 0.717) is 19.4 Å². The van der Waals surface area contributed by atoms with Crippen molar-refractivity contribution in [2.24, 2.45) is 29.6 Å². The minimum atomic E-state index is -2.08. The maximum Gasteiger partial charge on any atom is 0.309 e. The molecule has 0 heterocycles. The summed E-state index contributed by atoms with van der Waals surface area (Å²) in [5, 5.41) is 0.0518. The number of ether oxygens (including phenoxy) is 2. The Labute approximate surface area is 171 Å². The maximum absolute atomic E-state index is 12.9. The molecule has 2 rings (SSSR count). The Morgan fingerprint density at radius 1 is 1.11 bits per heavy atom. The van der Waals surface area contributed by atoms with E-state index in [1.54, 1.807) is 0 Å². The molecule has 0 amide bonds. The average molecular weight is 411 g/mol. The first-order valence-electron chi connectivity index (χ1n) is 10.5. The van der Waals surface area contributed by atoms with Crippen molar-refractivity contribution in [3.8, 4) is 0 Å². The third-order valence-corrected chi connectivity index (χ3v) is 11.5. The second kappa shape index (κ2) is 8.70. The number of methoxy groups -OCH3 is 1. The molecule has 0 aromatic carbocycles. The van der Waals surface area contributed by atoms with E-state index in [4.69, 9.17) is 13.9 Å². The van der Waals surface area contributed by atoms with Crippen LogP contribution in [0.1, 0.15) is 47.5 Å². The predicted octanol–water partition coefficient (Wildman–Crippen LogP) is 4.58. The molecule has 1 fully saturated rings. The van der Waals surface area contributed by atoms with E-state index >= 15 is 0 Å². The van der Waals surface area contributed by atoms with Crippen molar-refractivity contribution in [3.05, 3.63) is 12.2 Å². The smallest absolute Gasteiger partial charge is 0.309 e. The van der Waals surface area contributed by atoms with Crippen molar-refractivity contribution in [2.45, 2.75) is 71.7 Å². The molecule has 0 spiro atoms. The van der Waals surface area contributed by atoms with Gasteiger partial charge in [0.05, 0.1) is 31.7 Å². The van der Waals surface area contributed by atoms with Gasteiger partial charge in [-0.2, -0.15) is 0 Å². The summed E-state index contributed by atoms with van der Waals surface area (Å²) in [6.45, 7) is 15.4. The van der Waals surface area contributed by atoms with Gasteiger partial charge in [-0.15, -0.1) is 0 Å². The van der Waals surface area contributed by atoms with Gasteiger partial charge in [-0.1, -0.05) is 39.8 Å². The molecule has 0 N–H and O–H groups in total. The standard InChI is InChI=1S/C22H38O5Si/c1-9-26-21(24)18-14(2)10-11-15-12-16(20(23)25-6)13-17(19(15)18)27-28(7,8)22(3,4)5/h10-11,14-19H,9,12-13H2,1-8H3/t14-,15?,16-,17?,18-,19?/m0/s1. The number of carbonyl (C=O) groups is 2. The summed E-state index contributed by atoms with van der Waals surface area (Å²) in [5.41, 5.74) is 0. The van der Waals surface area contributed by atoms with Gasteiger partial charge in [0, 0.05) is 5.92 Å². The van der Waals surface area contributed by atoms with Gasteiger partial charge in [-0.05, 0) is 49.7 Å². The summed E-state index contributed by atoms with van der Waals surface area (Å²) < 4.78 is 17.3. The van der Waals surface area contributed by atoms with Crippen molar-refractivity contribution in [2.75, 3.05) is 13.7 Å². The molecule has 0 aromatic rings. The van der Waals surface area contributed by atoms with E-state index in [0.717, 1.165) is 0 Å². The highest BCUT2D eigenvalue weighted by Gasteiger charge is 2.52. The largest absolute Gasteiger partial charge is 0.469 e. The van der Waals surface area contributed by atoms with Gasteiger partial charge in [0.1, 0.15) is 0 Å². The molecule has 0 radical (unpaired) electrons. The summed E-state index contributed by atoms with van der Waals surface area (Å²) in [6.07, 6.45) is 5.45. The van der Waals surface area contributed by atoms with E-state index in [9.17, 15) is 9.59 Å². The summed E-state index contributed by atoms with van der Waals surface area (Å²) in [4.78, 5) is 25.2. The first-order chi connectivity index (χ1) is 12.9. The van der Waals surface area contributed by atoms with Crippen molar-refractivity contribution in [3.63, 3.8) is 0 Å². The molecular weight excluding hydrogens is 372 g/mol. The second-order valence-corrected chi connectivity index (χ2v) is 14.6. The van der Waals surface area contributed by atoms with Crippen LogP contribution in [0.4, 0.5) is 0 Å². The molecule has 2 aliphatic carbocycles. The van der Waals surface area contributed by atoms with E-state index < -0.39 is 8.32 Å². The minimum Gasteiger partial charge on any atom is -0.469 e. The highest BCUT2D eigenvalue weighted by molar-refractivity contribution is 6.74. The lowest BCUT2D eigenvalue weighted by Gasteiger charge is -2.50. The third kappa shape index (κ3) is 4.70. The van der Waals surface area contributed by atoms with Crippen LogP contribution in [0, 0.1) is 29.6 Å². The molecule has 160 valence electrons. The van der Waals surface area contributed by atoms with Crippen LogP contribution >= 0.6 is 0 Å². The van der Waals surface area contributed by atoms with Crippen molar-refractivity contribution in [1.29, 1.82) is 0 Å². The molecular formula is C22H38O5Si. The van der Waals surface area contributed by atoms with E-state index in [1.807, 2.05) is 6.92 Å². The Hall–Kier alpha value is -1.14. The predicted molar refractivity (Wildman–Crippen MR) is 112 cm³/mol. The van der Waals surface area contributed by atoms with Crippen LogP contribution < -0.4 is 0 Å². The molecule has 28 heavy (non-hydrogen) atoms. The van der Waals surface area contributed by atoms with Gasteiger partial charge in [0.25, 0.3) is 0 Å². The fourth-order valence-electron chi connectivity index (χ4n) is 4.44. The quantitative estimate of drug-likeness (QED) is 0.377. The SMILES string of the molecule is CCOC(=O)[C@@H]1C2C(C=C[C@@H]1C)C[C@H](C(=O)OC)CC2O[Si](C)(C)C(C)(C)C. The van der Waals surface area contributed by atoms with Crippen LogP contribution in [0.25, 0.3) is 0 Å². The van der Waals surface area contributed by atoms with Gasteiger partial charge in [-0.25, -0.2) is 0 Å². The van der Waals surface area contributed by atoms with Gasteiger partial charge in [-0.3, -0.25) is 9.59 Å². The number of carbonyl (C=O) groups excluding carboxylic acids is 2. The van der Waals surface area contributed by atoms with Gasteiger partial charge in [0.15, 0.2) is 8.32 Å². The minimum absolute atomic E-state index is 0.0362. The van der Waals surface area contributed by atoms with Crippen LogP contribution in [0.3, 0.4) is 0 Å². The summed E-state index contributed by atoms with van der Waals surface area (Å²) in [6, 6.07) is 0. The third-order valence-electron chi connectivity index (χ3n) is 6.99. The highest BCUT2D eigenvalue weighted by Crippen LogP contribution is 2.49. The number of rotatable bonds is 5. The molecule has 6 heteroatoms. The normalized spacial score (nSPS) is 33.1. The molecule has 5 nitrogen and oxygen atoms in total. The Morgan fingerprint density at radius 2 is 1.75 bits per heavy atom. The lowest BCUT2D eigenvalue weighted by Crippen LogP contribution is -2.54. The summed E-state index contributed by atoms with van der Waals surface area (Å²) in [5.74, 6) is -0.491. The Morgan fingerprint density at radius 3 is 2.29 bits per heavy atom. The molecule has 2 aliphatic rings. The molecule has 6 atom stereocenters. The fraction of sp³-hybridized carbons (Fsp3) is 0.818. The lowest BCUT2D eigenvalue weighted by molar-refractivity contribution is -0.159.